The summed E-state index contributed by atoms with van der Waals surface area (Å²) in [5.74, 6) is -0.690. The Bertz CT molecular complexity index is 992. The number of carbonyl (C=O) groups excluding carboxylic acids is 1. The zero-order chi connectivity index (χ0) is 17.3. The molecule has 1 aromatic heterocycles. The number of nitrogens with one attached hydrogen (secondary N) is 1. The average Bonchev–Trinajstić information content (AvgIpc) is 2.54. The van der Waals surface area contributed by atoms with Gasteiger partial charge in [0, 0.05) is 23.3 Å². The number of halogens is 1. The molecule has 24 heavy (non-hydrogen) atoms. The molecule has 5 heteroatoms. The molecular formula is C19H17FN2O2. The Kier molecular flexibility index (Phi) is 4.16. The van der Waals surface area contributed by atoms with Crippen molar-refractivity contribution in [3.05, 3.63) is 75.8 Å². The van der Waals surface area contributed by atoms with E-state index in [9.17, 15) is 14.0 Å². The van der Waals surface area contributed by atoms with Crippen molar-refractivity contribution in [1.82, 2.24) is 4.57 Å². The van der Waals surface area contributed by atoms with E-state index < -0.39 is 5.82 Å². The molecule has 3 rings (SSSR count). The molecule has 0 aliphatic carbocycles. The van der Waals surface area contributed by atoms with Crippen LogP contribution < -0.4 is 10.7 Å². The monoisotopic (exact) mass is 324 g/mol. The van der Waals surface area contributed by atoms with Crippen molar-refractivity contribution in [2.45, 2.75) is 20.4 Å². The summed E-state index contributed by atoms with van der Waals surface area (Å²) in [4.78, 5) is 24.1. The summed E-state index contributed by atoms with van der Waals surface area (Å²) in [5.41, 5.74) is 3.23. The van der Waals surface area contributed by atoms with Gasteiger partial charge in [-0.05, 0) is 55.3 Å². The van der Waals surface area contributed by atoms with Crippen LogP contribution in [0.5, 0.6) is 0 Å². The number of hydrogen-bond acceptors (Lipinski definition) is 2. The number of nitrogens with zero attached hydrogens (tertiary/aromatic N) is 1. The highest BCUT2D eigenvalue weighted by atomic mass is 19.1. The summed E-state index contributed by atoms with van der Waals surface area (Å²) >= 11 is 0. The van der Waals surface area contributed by atoms with Gasteiger partial charge in [0.05, 0.1) is 5.52 Å². The molecule has 0 bridgehead atoms. The molecule has 122 valence electrons. The van der Waals surface area contributed by atoms with Gasteiger partial charge in [-0.15, -0.1) is 0 Å². The minimum atomic E-state index is -0.475. The van der Waals surface area contributed by atoms with Gasteiger partial charge in [0.2, 0.25) is 5.91 Å². The van der Waals surface area contributed by atoms with E-state index in [2.05, 4.69) is 5.32 Å². The number of carbonyl (C=O) groups is 1. The van der Waals surface area contributed by atoms with E-state index in [1.54, 1.807) is 10.8 Å². The number of rotatable bonds is 3. The Morgan fingerprint density at radius 1 is 1.08 bits per heavy atom. The van der Waals surface area contributed by atoms with E-state index in [0.717, 1.165) is 16.8 Å². The van der Waals surface area contributed by atoms with Crippen LogP contribution in [0.25, 0.3) is 10.9 Å². The second-order valence-electron chi connectivity index (χ2n) is 5.82. The Hall–Kier alpha value is -2.95. The molecule has 4 nitrogen and oxygen atoms in total. The minimum absolute atomic E-state index is 0.0370. The number of benzene rings is 2. The standard InChI is InChI=1S/C19H17FN2O2/c1-12-3-5-15(9-13(12)2)21-19(24)11-22-8-7-18(23)16-10-14(20)4-6-17(16)22/h3-10H,11H2,1-2H3,(H,21,24). The van der Waals surface area contributed by atoms with Crippen molar-refractivity contribution in [3.8, 4) is 0 Å². The van der Waals surface area contributed by atoms with Crippen LogP contribution in [0, 0.1) is 19.7 Å². The fraction of sp³-hybridized carbons (Fsp3) is 0.158. The van der Waals surface area contributed by atoms with E-state index in [1.165, 1.54) is 24.3 Å². The number of aromatic nitrogens is 1. The van der Waals surface area contributed by atoms with Gasteiger partial charge in [0.25, 0.3) is 0 Å². The van der Waals surface area contributed by atoms with Crippen LogP contribution in [0.4, 0.5) is 10.1 Å². The third kappa shape index (κ3) is 3.20. The van der Waals surface area contributed by atoms with Gasteiger partial charge in [-0.1, -0.05) is 6.07 Å². The number of hydrogen-bond donors (Lipinski definition) is 1. The molecule has 0 aliphatic rings. The van der Waals surface area contributed by atoms with Crippen molar-refractivity contribution in [3.63, 3.8) is 0 Å². The predicted molar refractivity (Wildman–Crippen MR) is 92.7 cm³/mol. The maximum absolute atomic E-state index is 13.3. The zero-order valence-electron chi connectivity index (χ0n) is 13.5. The first kappa shape index (κ1) is 15.9. The van der Waals surface area contributed by atoms with E-state index in [1.807, 2.05) is 32.0 Å². The van der Waals surface area contributed by atoms with E-state index >= 15 is 0 Å². The Balaban J connectivity index is 1.87. The van der Waals surface area contributed by atoms with Crippen molar-refractivity contribution >= 4 is 22.5 Å². The molecule has 0 unspecified atom stereocenters. The molecule has 0 atom stereocenters. The second-order valence-corrected chi connectivity index (χ2v) is 5.82. The lowest BCUT2D eigenvalue weighted by molar-refractivity contribution is -0.116. The van der Waals surface area contributed by atoms with Crippen LogP contribution in [-0.2, 0) is 11.3 Å². The fourth-order valence-corrected chi connectivity index (χ4v) is 2.60. The molecule has 0 saturated carbocycles. The Labute approximate surface area is 138 Å². The summed E-state index contributed by atoms with van der Waals surface area (Å²) < 4.78 is 15.0. The predicted octanol–water partition coefficient (Wildman–Crippen LogP) is 3.40. The highest BCUT2D eigenvalue weighted by Gasteiger charge is 2.09. The number of amides is 1. The summed E-state index contributed by atoms with van der Waals surface area (Å²) in [6, 6.07) is 11.0. The summed E-state index contributed by atoms with van der Waals surface area (Å²) in [6.07, 6.45) is 1.54. The average molecular weight is 324 g/mol. The van der Waals surface area contributed by atoms with Crippen LogP contribution in [-0.4, -0.2) is 10.5 Å². The second kappa shape index (κ2) is 6.28. The smallest absolute Gasteiger partial charge is 0.244 e. The highest BCUT2D eigenvalue weighted by molar-refractivity contribution is 5.91. The topological polar surface area (TPSA) is 51.1 Å². The maximum atomic E-state index is 13.3. The molecule has 2 aromatic carbocycles. The van der Waals surface area contributed by atoms with Gasteiger partial charge in [0.1, 0.15) is 12.4 Å². The number of pyridine rings is 1. The first-order valence-electron chi connectivity index (χ1n) is 7.60. The molecule has 0 radical (unpaired) electrons. The Morgan fingerprint density at radius 2 is 1.88 bits per heavy atom. The molecule has 1 amide bonds. The van der Waals surface area contributed by atoms with Gasteiger partial charge in [-0.3, -0.25) is 9.59 Å². The molecular weight excluding hydrogens is 307 g/mol. The van der Waals surface area contributed by atoms with Crippen molar-refractivity contribution in [2.75, 3.05) is 5.32 Å². The first-order valence-corrected chi connectivity index (χ1v) is 7.60. The van der Waals surface area contributed by atoms with Gasteiger partial charge in [-0.25, -0.2) is 4.39 Å². The van der Waals surface area contributed by atoms with E-state index in [-0.39, 0.29) is 23.3 Å². The molecule has 1 heterocycles. The van der Waals surface area contributed by atoms with Gasteiger partial charge >= 0.3 is 0 Å². The third-order valence-electron chi connectivity index (χ3n) is 4.04. The fourth-order valence-electron chi connectivity index (χ4n) is 2.60. The lowest BCUT2D eigenvalue weighted by atomic mass is 10.1. The maximum Gasteiger partial charge on any atom is 0.244 e. The first-order chi connectivity index (χ1) is 11.4. The highest BCUT2D eigenvalue weighted by Crippen LogP contribution is 2.15. The van der Waals surface area contributed by atoms with Crippen molar-refractivity contribution in [1.29, 1.82) is 0 Å². The van der Waals surface area contributed by atoms with Crippen LogP contribution in [0.15, 0.2) is 53.5 Å². The number of anilines is 1. The molecule has 0 spiro atoms. The normalized spacial score (nSPS) is 10.8. The SMILES string of the molecule is Cc1ccc(NC(=O)Cn2ccc(=O)c3cc(F)ccc32)cc1C. The zero-order valence-corrected chi connectivity index (χ0v) is 13.5. The van der Waals surface area contributed by atoms with Crippen LogP contribution in [0.3, 0.4) is 0 Å². The van der Waals surface area contributed by atoms with E-state index in [0.29, 0.717) is 5.52 Å². The molecule has 0 saturated heterocycles. The van der Waals surface area contributed by atoms with Crippen LogP contribution >= 0.6 is 0 Å². The van der Waals surface area contributed by atoms with Crippen LogP contribution in [0.1, 0.15) is 11.1 Å². The van der Waals surface area contributed by atoms with E-state index in [4.69, 9.17) is 0 Å². The number of fused-ring (bicyclic) bond motifs is 1. The molecule has 3 aromatic rings. The van der Waals surface area contributed by atoms with Gasteiger partial charge in [0.15, 0.2) is 5.43 Å². The number of aryl methyl sites for hydroxylation is 2. The lowest BCUT2D eigenvalue weighted by Crippen LogP contribution is -2.20. The summed E-state index contributed by atoms with van der Waals surface area (Å²) in [5, 5.41) is 3.10. The summed E-state index contributed by atoms with van der Waals surface area (Å²) in [6.45, 7) is 4.02. The van der Waals surface area contributed by atoms with Gasteiger partial charge < -0.3 is 9.88 Å². The van der Waals surface area contributed by atoms with Crippen molar-refractivity contribution in [2.24, 2.45) is 0 Å². The lowest BCUT2D eigenvalue weighted by Gasteiger charge is -2.12. The molecule has 0 fully saturated rings. The molecule has 1 N–H and O–H groups in total. The largest absolute Gasteiger partial charge is 0.338 e. The Morgan fingerprint density at radius 3 is 2.62 bits per heavy atom. The molecule has 0 aliphatic heterocycles. The quantitative estimate of drug-likeness (QED) is 0.803. The third-order valence-corrected chi connectivity index (χ3v) is 4.04. The van der Waals surface area contributed by atoms with Gasteiger partial charge in [-0.2, -0.15) is 0 Å². The minimum Gasteiger partial charge on any atom is -0.338 e. The van der Waals surface area contributed by atoms with Crippen molar-refractivity contribution < 1.29 is 9.18 Å². The summed E-state index contributed by atoms with van der Waals surface area (Å²) in [7, 11) is 0. The van der Waals surface area contributed by atoms with Crippen LogP contribution in [0.2, 0.25) is 0 Å².